The first-order valence-corrected chi connectivity index (χ1v) is 5.87. The van der Waals surface area contributed by atoms with Gasteiger partial charge in [-0.15, -0.1) is 0 Å². The predicted octanol–water partition coefficient (Wildman–Crippen LogP) is 2.00. The van der Waals surface area contributed by atoms with Crippen molar-refractivity contribution in [3.05, 3.63) is 54.1 Å². The quantitative estimate of drug-likeness (QED) is 0.751. The van der Waals surface area contributed by atoms with Gasteiger partial charge in [0.05, 0.1) is 13.7 Å². The Balaban J connectivity index is 1.93. The van der Waals surface area contributed by atoms with Gasteiger partial charge in [-0.3, -0.25) is 0 Å². The molecule has 0 aliphatic carbocycles. The van der Waals surface area contributed by atoms with E-state index in [0.29, 0.717) is 6.61 Å². The minimum atomic E-state index is -0.366. The van der Waals surface area contributed by atoms with Crippen LogP contribution in [0.3, 0.4) is 0 Å². The second kappa shape index (κ2) is 4.74. The van der Waals surface area contributed by atoms with Crippen molar-refractivity contribution < 1.29 is 14.0 Å². The van der Waals surface area contributed by atoms with Crippen molar-refractivity contribution in [1.29, 1.82) is 0 Å². The van der Waals surface area contributed by atoms with Gasteiger partial charge in [-0.2, -0.15) is 0 Å². The Morgan fingerprint density at radius 1 is 1.06 bits per heavy atom. The fraction of sp³-hybridized carbons (Fsp3) is 0.143. The van der Waals surface area contributed by atoms with Gasteiger partial charge in [0.15, 0.2) is 5.75 Å². The van der Waals surface area contributed by atoms with E-state index in [1.54, 1.807) is 7.11 Å². The van der Waals surface area contributed by atoms with Crippen molar-refractivity contribution in [3.8, 4) is 11.5 Å². The van der Waals surface area contributed by atoms with E-state index in [1.165, 1.54) is 0 Å². The summed E-state index contributed by atoms with van der Waals surface area (Å²) in [5.74, 6) is 1.52. The highest BCUT2D eigenvalue weighted by atomic mass is 16.6. The fourth-order valence-electron chi connectivity index (χ4n) is 2.05. The molecule has 0 aromatic heterocycles. The largest absolute Gasteiger partial charge is 0.563 e. The predicted molar refractivity (Wildman–Crippen MR) is 70.2 cm³/mol. The molecule has 0 unspecified atom stereocenters. The number of fused-ring (bicyclic) bond motifs is 1. The van der Waals surface area contributed by atoms with Crippen LogP contribution in [-0.4, -0.2) is 14.2 Å². The molecule has 90 valence electrons. The zero-order valence-electron chi connectivity index (χ0n) is 10.1. The first-order valence-electron chi connectivity index (χ1n) is 5.87. The van der Waals surface area contributed by atoms with Crippen LogP contribution in [0.15, 0.2) is 48.5 Å². The second-order valence-corrected chi connectivity index (χ2v) is 4.12. The smallest absolute Gasteiger partial charge is 0.529 e. The molecule has 0 amide bonds. The molecule has 0 spiro atoms. The van der Waals surface area contributed by atoms with Crippen molar-refractivity contribution >= 4 is 12.6 Å². The van der Waals surface area contributed by atoms with E-state index in [0.717, 1.165) is 22.5 Å². The SMILES string of the molecule is COc1cccc2c1OB(c1ccccc1)OC2. The summed E-state index contributed by atoms with van der Waals surface area (Å²) in [6.45, 7) is 0.534. The molecule has 0 saturated carbocycles. The van der Waals surface area contributed by atoms with Crippen LogP contribution in [0.5, 0.6) is 11.5 Å². The highest BCUT2D eigenvalue weighted by molar-refractivity contribution is 6.62. The topological polar surface area (TPSA) is 27.7 Å². The van der Waals surface area contributed by atoms with Crippen LogP contribution in [0, 0.1) is 0 Å². The van der Waals surface area contributed by atoms with Crippen LogP contribution in [0.4, 0.5) is 0 Å². The van der Waals surface area contributed by atoms with Gasteiger partial charge in [0.25, 0.3) is 0 Å². The lowest BCUT2D eigenvalue weighted by Crippen LogP contribution is -2.42. The third kappa shape index (κ3) is 1.95. The minimum Gasteiger partial charge on any atom is -0.529 e. The van der Waals surface area contributed by atoms with Crippen LogP contribution in [0.25, 0.3) is 0 Å². The Kier molecular flexibility index (Phi) is 2.94. The standard InChI is InChI=1S/C14H13BO3/c1-16-13-9-5-6-11-10-17-15(18-14(11)13)12-7-3-2-4-8-12/h2-9H,10H2,1H3. The van der Waals surface area contributed by atoms with Crippen LogP contribution in [0.1, 0.15) is 5.56 Å². The summed E-state index contributed by atoms with van der Waals surface area (Å²) in [6, 6.07) is 15.7. The van der Waals surface area contributed by atoms with E-state index in [-0.39, 0.29) is 7.12 Å². The summed E-state index contributed by atoms with van der Waals surface area (Å²) < 4.78 is 16.9. The van der Waals surface area contributed by atoms with E-state index < -0.39 is 0 Å². The molecule has 2 aromatic rings. The van der Waals surface area contributed by atoms with Crippen molar-refractivity contribution in [2.75, 3.05) is 7.11 Å². The molecule has 0 bridgehead atoms. The van der Waals surface area contributed by atoms with Gasteiger partial charge in [0.2, 0.25) is 0 Å². The average molecular weight is 240 g/mol. The third-order valence-corrected chi connectivity index (χ3v) is 2.97. The maximum absolute atomic E-state index is 5.89. The van der Waals surface area contributed by atoms with Crippen molar-refractivity contribution in [2.45, 2.75) is 6.61 Å². The fourth-order valence-corrected chi connectivity index (χ4v) is 2.05. The van der Waals surface area contributed by atoms with Crippen LogP contribution < -0.4 is 14.9 Å². The van der Waals surface area contributed by atoms with Gasteiger partial charge in [0, 0.05) is 5.56 Å². The Bertz CT molecular complexity index is 528. The summed E-state index contributed by atoms with van der Waals surface area (Å²) in [5, 5.41) is 0. The zero-order chi connectivity index (χ0) is 12.4. The van der Waals surface area contributed by atoms with Gasteiger partial charge < -0.3 is 14.0 Å². The van der Waals surface area contributed by atoms with E-state index in [1.807, 2.05) is 48.5 Å². The van der Waals surface area contributed by atoms with E-state index in [2.05, 4.69) is 0 Å². The van der Waals surface area contributed by atoms with Crippen LogP contribution in [-0.2, 0) is 11.3 Å². The highest BCUT2D eigenvalue weighted by Gasteiger charge is 2.30. The van der Waals surface area contributed by atoms with Gasteiger partial charge in [-0.05, 0) is 11.5 Å². The Hall–Kier alpha value is -1.94. The summed E-state index contributed by atoms with van der Waals surface area (Å²) in [7, 11) is 1.28. The van der Waals surface area contributed by atoms with Gasteiger partial charge in [-0.25, -0.2) is 0 Å². The lowest BCUT2D eigenvalue weighted by molar-refractivity contribution is 0.232. The van der Waals surface area contributed by atoms with Gasteiger partial charge in [-0.1, -0.05) is 42.5 Å². The Morgan fingerprint density at radius 3 is 2.67 bits per heavy atom. The molecule has 0 N–H and O–H groups in total. The molecule has 2 aromatic carbocycles. The average Bonchev–Trinajstić information content (AvgIpc) is 2.47. The first-order chi connectivity index (χ1) is 8.88. The molecule has 4 heteroatoms. The number of rotatable bonds is 2. The number of para-hydroxylation sites is 1. The summed E-state index contributed by atoms with van der Waals surface area (Å²) >= 11 is 0. The number of ether oxygens (including phenoxy) is 1. The summed E-state index contributed by atoms with van der Waals surface area (Å²) in [5.41, 5.74) is 2.02. The molecule has 3 nitrogen and oxygen atoms in total. The summed E-state index contributed by atoms with van der Waals surface area (Å²) in [6.07, 6.45) is 0. The van der Waals surface area contributed by atoms with E-state index in [4.69, 9.17) is 14.0 Å². The molecule has 1 aliphatic heterocycles. The molecule has 1 aliphatic rings. The Labute approximate surface area is 106 Å². The van der Waals surface area contributed by atoms with Crippen LogP contribution >= 0.6 is 0 Å². The lowest BCUT2D eigenvalue weighted by atomic mass is 9.78. The molecule has 3 rings (SSSR count). The van der Waals surface area contributed by atoms with E-state index in [9.17, 15) is 0 Å². The first kappa shape index (κ1) is 11.2. The third-order valence-electron chi connectivity index (χ3n) is 2.97. The molecule has 18 heavy (non-hydrogen) atoms. The second-order valence-electron chi connectivity index (χ2n) is 4.12. The number of hydrogen-bond acceptors (Lipinski definition) is 3. The monoisotopic (exact) mass is 240 g/mol. The molecule has 0 saturated heterocycles. The Morgan fingerprint density at radius 2 is 1.89 bits per heavy atom. The maximum Gasteiger partial charge on any atom is 0.563 e. The lowest BCUT2D eigenvalue weighted by Gasteiger charge is -2.25. The number of methoxy groups -OCH3 is 1. The molecular formula is C14H13BO3. The minimum absolute atomic E-state index is 0.366. The van der Waals surface area contributed by atoms with Gasteiger partial charge >= 0.3 is 7.12 Å². The highest BCUT2D eigenvalue weighted by Crippen LogP contribution is 2.34. The van der Waals surface area contributed by atoms with Gasteiger partial charge in [0.1, 0.15) is 5.75 Å². The van der Waals surface area contributed by atoms with Crippen molar-refractivity contribution in [1.82, 2.24) is 0 Å². The zero-order valence-corrected chi connectivity index (χ0v) is 10.1. The number of benzene rings is 2. The van der Waals surface area contributed by atoms with E-state index >= 15 is 0 Å². The molecular weight excluding hydrogens is 227 g/mol. The molecule has 0 radical (unpaired) electrons. The summed E-state index contributed by atoms with van der Waals surface area (Å²) in [4.78, 5) is 0. The maximum atomic E-state index is 5.89. The molecule has 1 heterocycles. The molecule has 0 atom stereocenters. The van der Waals surface area contributed by atoms with Crippen molar-refractivity contribution in [3.63, 3.8) is 0 Å². The van der Waals surface area contributed by atoms with Crippen molar-refractivity contribution in [2.24, 2.45) is 0 Å². The number of hydrogen-bond donors (Lipinski definition) is 0. The normalized spacial score (nSPS) is 13.7. The van der Waals surface area contributed by atoms with Crippen LogP contribution in [0.2, 0.25) is 0 Å². The molecule has 0 fully saturated rings.